The molecule has 2 aromatic carbocycles. The van der Waals surface area contributed by atoms with E-state index in [0.29, 0.717) is 28.5 Å². The number of hydrogen-bond donors (Lipinski definition) is 3. The summed E-state index contributed by atoms with van der Waals surface area (Å²) in [6.45, 7) is -0.181. The smallest absolute Gasteiger partial charge is 0.236 e. The predicted molar refractivity (Wildman–Crippen MR) is 128 cm³/mol. The number of anilines is 1. The Kier molecular flexibility index (Phi) is 6.58. The van der Waals surface area contributed by atoms with Crippen LogP contribution < -0.4 is 15.4 Å². The minimum atomic E-state index is -0.549. The number of carbonyl (C=O) groups is 1. The van der Waals surface area contributed by atoms with Crippen LogP contribution in [0.15, 0.2) is 65.1 Å². The fraction of sp³-hybridized carbons (Fsp3) is 0.280. The first-order valence-corrected chi connectivity index (χ1v) is 11.0. The Bertz CT molecular complexity index is 1100. The van der Waals surface area contributed by atoms with E-state index in [9.17, 15) is 9.90 Å². The van der Waals surface area contributed by atoms with Crippen LogP contribution in [0.5, 0.6) is 5.75 Å². The maximum Gasteiger partial charge on any atom is 0.236 e. The van der Waals surface area contributed by atoms with Crippen molar-refractivity contribution in [1.82, 2.24) is 5.32 Å². The van der Waals surface area contributed by atoms with Gasteiger partial charge in [-0.3, -0.25) is 4.79 Å². The molecule has 0 saturated heterocycles. The maximum atomic E-state index is 13.3. The Morgan fingerprint density at radius 3 is 2.53 bits per heavy atom. The van der Waals surface area contributed by atoms with E-state index in [2.05, 4.69) is 10.6 Å². The Labute approximate surface area is 192 Å². The normalized spacial score (nSPS) is 14.7. The first-order valence-electron chi connectivity index (χ1n) is 10.6. The summed E-state index contributed by atoms with van der Waals surface area (Å²) in [5, 5.41) is 15.5. The maximum absolute atomic E-state index is 13.3. The van der Waals surface area contributed by atoms with E-state index in [1.165, 1.54) is 0 Å². The van der Waals surface area contributed by atoms with E-state index in [-0.39, 0.29) is 17.6 Å². The molecule has 6 nitrogen and oxygen atoms in total. The highest BCUT2D eigenvalue weighted by atomic mass is 32.1. The second-order valence-corrected chi connectivity index (χ2v) is 8.31. The standard InChI is InChI=1S/C25H26N2O4S/c1-30-21-11-9-18(15-20(21)22-12-10-19(16-28)31-22)26-24(32)27-23(29)25(13-5-6-14-25)17-7-3-2-4-8-17/h2-4,7-12,15,28H,5-6,13-14,16H2,1H3,(H2,26,27,29,32). The molecule has 1 aliphatic carbocycles. The van der Waals surface area contributed by atoms with Crippen LogP contribution >= 0.6 is 12.2 Å². The molecule has 1 saturated carbocycles. The zero-order chi connectivity index (χ0) is 22.6. The average Bonchev–Trinajstić information content (AvgIpc) is 3.50. The lowest BCUT2D eigenvalue weighted by atomic mass is 9.78. The van der Waals surface area contributed by atoms with Gasteiger partial charge in [-0.1, -0.05) is 43.2 Å². The van der Waals surface area contributed by atoms with Gasteiger partial charge in [-0.25, -0.2) is 0 Å². The molecule has 1 fully saturated rings. The highest BCUT2D eigenvalue weighted by molar-refractivity contribution is 7.80. The van der Waals surface area contributed by atoms with Crippen molar-refractivity contribution in [2.24, 2.45) is 0 Å². The predicted octanol–water partition coefficient (Wildman–Crippen LogP) is 4.77. The van der Waals surface area contributed by atoms with E-state index in [1.807, 2.05) is 42.5 Å². The lowest BCUT2D eigenvalue weighted by Crippen LogP contribution is -2.46. The molecule has 7 heteroatoms. The lowest BCUT2D eigenvalue weighted by molar-refractivity contribution is -0.125. The van der Waals surface area contributed by atoms with Crippen LogP contribution in [0.2, 0.25) is 0 Å². The number of aliphatic hydroxyl groups is 1. The van der Waals surface area contributed by atoms with E-state index < -0.39 is 5.41 Å². The van der Waals surface area contributed by atoms with Gasteiger partial charge in [0.25, 0.3) is 0 Å². The summed E-state index contributed by atoms with van der Waals surface area (Å²) < 4.78 is 11.1. The third-order valence-corrected chi connectivity index (χ3v) is 6.19. The van der Waals surface area contributed by atoms with Crippen LogP contribution in [-0.2, 0) is 16.8 Å². The fourth-order valence-corrected chi connectivity index (χ4v) is 4.56. The molecule has 4 rings (SSSR count). The van der Waals surface area contributed by atoms with Gasteiger partial charge >= 0.3 is 0 Å². The number of amides is 1. The molecule has 0 unspecified atom stereocenters. The van der Waals surface area contributed by atoms with Crippen LogP contribution in [0, 0.1) is 0 Å². The molecular formula is C25H26N2O4S. The largest absolute Gasteiger partial charge is 0.496 e. The monoisotopic (exact) mass is 450 g/mol. The minimum Gasteiger partial charge on any atom is -0.496 e. The van der Waals surface area contributed by atoms with Gasteiger partial charge in [-0.05, 0) is 61.0 Å². The molecule has 166 valence electrons. The van der Waals surface area contributed by atoms with Crippen molar-refractivity contribution in [2.75, 3.05) is 12.4 Å². The molecule has 3 aromatic rings. The SMILES string of the molecule is COc1ccc(NC(=S)NC(=O)C2(c3ccccc3)CCCC2)cc1-c1ccc(CO)o1. The molecule has 1 heterocycles. The summed E-state index contributed by atoms with van der Waals surface area (Å²) in [5.41, 5.74) is 1.88. The number of carbonyl (C=O) groups excluding carboxylic acids is 1. The van der Waals surface area contributed by atoms with Gasteiger partial charge in [0.1, 0.15) is 23.9 Å². The summed E-state index contributed by atoms with van der Waals surface area (Å²) in [6.07, 6.45) is 3.65. The van der Waals surface area contributed by atoms with Gasteiger partial charge in [0.05, 0.1) is 18.1 Å². The minimum absolute atomic E-state index is 0.0777. The first-order chi connectivity index (χ1) is 15.6. The third kappa shape index (κ3) is 4.40. The molecule has 0 atom stereocenters. The molecule has 1 amide bonds. The Hall–Kier alpha value is -3.16. The topological polar surface area (TPSA) is 83.7 Å². The number of aliphatic hydroxyl groups excluding tert-OH is 1. The van der Waals surface area contributed by atoms with Crippen molar-refractivity contribution in [3.63, 3.8) is 0 Å². The van der Waals surface area contributed by atoms with E-state index in [4.69, 9.17) is 21.4 Å². The highest BCUT2D eigenvalue weighted by Crippen LogP contribution is 2.41. The fourth-order valence-electron chi connectivity index (χ4n) is 4.35. The molecule has 3 N–H and O–H groups in total. The number of ether oxygens (including phenoxy) is 1. The van der Waals surface area contributed by atoms with Crippen molar-refractivity contribution in [1.29, 1.82) is 0 Å². The number of benzene rings is 2. The summed E-state index contributed by atoms with van der Waals surface area (Å²) in [5.74, 6) is 1.58. The summed E-state index contributed by atoms with van der Waals surface area (Å²) in [6, 6.07) is 18.9. The van der Waals surface area contributed by atoms with Crippen molar-refractivity contribution >= 4 is 28.9 Å². The Morgan fingerprint density at radius 2 is 1.88 bits per heavy atom. The molecule has 32 heavy (non-hydrogen) atoms. The van der Waals surface area contributed by atoms with Gasteiger partial charge in [0.2, 0.25) is 5.91 Å². The van der Waals surface area contributed by atoms with Crippen molar-refractivity contribution in [3.05, 3.63) is 72.0 Å². The van der Waals surface area contributed by atoms with Gasteiger partial charge < -0.3 is 24.9 Å². The van der Waals surface area contributed by atoms with E-state index in [1.54, 1.807) is 25.3 Å². The van der Waals surface area contributed by atoms with Crippen LogP contribution in [0.25, 0.3) is 11.3 Å². The summed E-state index contributed by atoms with van der Waals surface area (Å²) >= 11 is 5.46. The van der Waals surface area contributed by atoms with Crippen molar-refractivity contribution < 1.29 is 19.1 Å². The van der Waals surface area contributed by atoms with Gasteiger partial charge in [0.15, 0.2) is 5.11 Å². The number of methoxy groups -OCH3 is 1. The molecule has 1 aromatic heterocycles. The van der Waals surface area contributed by atoms with Crippen molar-refractivity contribution in [2.45, 2.75) is 37.7 Å². The quantitative estimate of drug-likeness (QED) is 0.469. The summed E-state index contributed by atoms with van der Waals surface area (Å²) in [4.78, 5) is 13.3. The molecule has 0 bridgehead atoms. The first kappa shape index (κ1) is 22.0. The molecular weight excluding hydrogens is 424 g/mol. The van der Waals surface area contributed by atoms with Crippen molar-refractivity contribution in [3.8, 4) is 17.1 Å². The number of rotatable bonds is 6. The zero-order valence-corrected chi connectivity index (χ0v) is 18.7. The zero-order valence-electron chi connectivity index (χ0n) is 17.9. The molecule has 0 spiro atoms. The average molecular weight is 451 g/mol. The number of furan rings is 1. The van der Waals surface area contributed by atoms with Crippen LogP contribution in [-0.4, -0.2) is 23.2 Å². The number of thiocarbonyl (C=S) groups is 1. The van der Waals surface area contributed by atoms with Crippen LogP contribution in [0.3, 0.4) is 0 Å². The second-order valence-electron chi connectivity index (χ2n) is 7.90. The molecule has 1 aliphatic rings. The number of nitrogens with one attached hydrogen (secondary N) is 2. The van der Waals surface area contributed by atoms with E-state index >= 15 is 0 Å². The third-order valence-electron chi connectivity index (χ3n) is 5.99. The molecule has 0 aliphatic heterocycles. The molecule has 0 radical (unpaired) electrons. The van der Waals surface area contributed by atoms with Gasteiger partial charge in [-0.15, -0.1) is 0 Å². The van der Waals surface area contributed by atoms with E-state index in [0.717, 1.165) is 31.2 Å². The lowest BCUT2D eigenvalue weighted by Gasteiger charge is -2.28. The Morgan fingerprint density at radius 1 is 1.12 bits per heavy atom. The summed E-state index contributed by atoms with van der Waals surface area (Å²) in [7, 11) is 1.58. The van der Waals surface area contributed by atoms with Gasteiger partial charge in [-0.2, -0.15) is 0 Å². The second kappa shape index (κ2) is 9.54. The van der Waals surface area contributed by atoms with Crippen LogP contribution in [0.1, 0.15) is 37.0 Å². The highest BCUT2D eigenvalue weighted by Gasteiger charge is 2.42. The van der Waals surface area contributed by atoms with Crippen LogP contribution in [0.4, 0.5) is 5.69 Å². The number of hydrogen-bond acceptors (Lipinski definition) is 5. The van der Waals surface area contributed by atoms with Gasteiger partial charge in [0, 0.05) is 5.69 Å². The Balaban J connectivity index is 1.51.